The fraction of sp³-hybridized carbons (Fsp3) is 0.333. The first-order chi connectivity index (χ1) is 18.0. The molecule has 7 heteroatoms. The Bertz CT molecular complexity index is 1410. The van der Waals surface area contributed by atoms with E-state index in [9.17, 15) is 5.26 Å². The Balaban J connectivity index is 1.33. The molecular formula is C30H34N6O. The average Bonchev–Trinajstić information content (AvgIpc) is 3.62. The second kappa shape index (κ2) is 11.0. The van der Waals surface area contributed by atoms with Crippen LogP contribution in [-0.4, -0.2) is 47.3 Å². The Labute approximate surface area is 218 Å². The van der Waals surface area contributed by atoms with E-state index in [1.165, 1.54) is 25.9 Å². The number of pyridine rings is 1. The van der Waals surface area contributed by atoms with Gasteiger partial charge in [0, 0.05) is 46.8 Å². The van der Waals surface area contributed by atoms with Crippen molar-refractivity contribution in [1.82, 2.24) is 20.2 Å². The third-order valence-corrected chi connectivity index (χ3v) is 7.29. The van der Waals surface area contributed by atoms with Crippen molar-refractivity contribution in [3.63, 3.8) is 0 Å². The van der Waals surface area contributed by atoms with Crippen LogP contribution < -0.4 is 15.4 Å². The number of hydrogen-bond acceptors (Lipinski definition) is 6. The van der Waals surface area contributed by atoms with Crippen molar-refractivity contribution in [3.05, 3.63) is 71.7 Å². The molecule has 0 radical (unpaired) electrons. The number of rotatable bonds is 9. The molecule has 1 fully saturated rings. The monoisotopic (exact) mass is 494 g/mol. The highest BCUT2D eigenvalue weighted by atomic mass is 16.5. The number of likely N-dealkylation sites (tertiary alicyclic amines) is 1. The van der Waals surface area contributed by atoms with Crippen LogP contribution in [-0.2, 0) is 0 Å². The second-order valence-corrected chi connectivity index (χ2v) is 9.67. The molecule has 2 aromatic heterocycles. The van der Waals surface area contributed by atoms with Crippen molar-refractivity contribution in [3.8, 4) is 22.9 Å². The van der Waals surface area contributed by atoms with Crippen LogP contribution >= 0.6 is 0 Å². The lowest BCUT2D eigenvalue weighted by molar-refractivity contribution is 0.206. The largest absolute Gasteiger partial charge is 0.492 e. The first kappa shape index (κ1) is 24.8. The summed E-state index contributed by atoms with van der Waals surface area (Å²) in [6.45, 7) is 10.0. The van der Waals surface area contributed by atoms with Gasteiger partial charge in [-0.1, -0.05) is 12.1 Å². The summed E-state index contributed by atoms with van der Waals surface area (Å²) in [5, 5.41) is 18.1. The van der Waals surface area contributed by atoms with E-state index in [0.29, 0.717) is 18.3 Å². The molecule has 190 valence electrons. The minimum atomic E-state index is 0.379. The molecule has 0 bridgehead atoms. The molecule has 1 atom stereocenters. The van der Waals surface area contributed by atoms with Crippen molar-refractivity contribution >= 4 is 22.3 Å². The molecule has 0 amide bonds. The van der Waals surface area contributed by atoms with Crippen LogP contribution in [0.5, 0.6) is 5.75 Å². The summed E-state index contributed by atoms with van der Waals surface area (Å²) in [4.78, 5) is 10.2. The number of aryl methyl sites for hydroxylation is 2. The molecule has 1 saturated heterocycles. The quantitative estimate of drug-likeness (QED) is 0.252. The van der Waals surface area contributed by atoms with Gasteiger partial charge in [0.05, 0.1) is 17.4 Å². The third-order valence-electron chi connectivity index (χ3n) is 7.29. The van der Waals surface area contributed by atoms with Crippen molar-refractivity contribution in [2.75, 3.05) is 31.6 Å². The van der Waals surface area contributed by atoms with E-state index in [4.69, 9.17) is 4.74 Å². The first-order valence-corrected chi connectivity index (χ1v) is 13.0. The van der Waals surface area contributed by atoms with E-state index in [2.05, 4.69) is 57.6 Å². The lowest BCUT2D eigenvalue weighted by atomic mass is 9.99. The van der Waals surface area contributed by atoms with Crippen LogP contribution in [0.25, 0.3) is 22.0 Å². The molecule has 2 aromatic carbocycles. The predicted octanol–water partition coefficient (Wildman–Crippen LogP) is 5.87. The van der Waals surface area contributed by atoms with Gasteiger partial charge >= 0.3 is 0 Å². The molecule has 3 heterocycles. The number of ether oxygens (including phenoxy) is 1. The van der Waals surface area contributed by atoms with Gasteiger partial charge < -0.3 is 15.0 Å². The van der Waals surface area contributed by atoms with Gasteiger partial charge in [-0.25, -0.2) is 0 Å². The van der Waals surface area contributed by atoms with Crippen molar-refractivity contribution < 1.29 is 4.74 Å². The number of fused-ring (bicyclic) bond motifs is 1. The summed E-state index contributed by atoms with van der Waals surface area (Å²) in [6, 6.07) is 16.5. The fourth-order valence-corrected chi connectivity index (χ4v) is 5.14. The van der Waals surface area contributed by atoms with Crippen molar-refractivity contribution in [1.29, 1.82) is 5.26 Å². The van der Waals surface area contributed by atoms with Gasteiger partial charge in [-0.05, 0) is 88.2 Å². The Kier molecular flexibility index (Phi) is 7.40. The van der Waals surface area contributed by atoms with E-state index in [-0.39, 0.29) is 0 Å². The van der Waals surface area contributed by atoms with Gasteiger partial charge in [0.25, 0.3) is 0 Å². The summed E-state index contributed by atoms with van der Waals surface area (Å²) in [5.41, 5.74) is 7.21. The molecule has 0 spiro atoms. The Morgan fingerprint density at radius 3 is 2.65 bits per heavy atom. The van der Waals surface area contributed by atoms with Crippen LogP contribution in [0.3, 0.4) is 0 Å². The molecule has 1 unspecified atom stereocenters. The maximum absolute atomic E-state index is 9.88. The lowest BCUT2D eigenvalue weighted by Gasteiger charge is -2.24. The fourth-order valence-electron chi connectivity index (χ4n) is 5.14. The summed E-state index contributed by atoms with van der Waals surface area (Å²) < 4.78 is 5.99. The molecule has 7 nitrogen and oxygen atoms in total. The molecule has 1 aliphatic rings. The molecule has 3 N–H and O–H groups in total. The van der Waals surface area contributed by atoms with E-state index in [1.54, 1.807) is 6.20 Å². The molecular weight excluding hydrogens is 460 g/mol. The van der Waals surface area contributed by atoms with Crippen LogP contribution in [0.15, 0.2) is 54.9 Å². The number of benzene rings is 2. The topological polar surface area (TPSA) is 89.0 Å². The van der Waals surface area contributed by atoms with Crippen molar-refractivity contribution in [2.24, 2.45) is 0 Å². The third kappa shape index (κ3) is 5.31. The summed E-state index contributed by atoms with van der Waals surface area (Å²) in [6.07, 6.45) is 6.54. The average molecular weight is 495 g/mol. The number of nitrogens with one attached hydrogen (secondary N) is 3. The van der Waals surface area contributed by atoms with Gasteiger partial charge in [-0.3, -0.25) is 15.2 Å². The predicted molar refractivity (Wildman–Crippen MR) is 149 cm³/mol. The lowest BCUT2D eigenvalue weighted by Crippen LogP contribution is -2.43. The summed E-state index contributed by atoms with van der Waals surface area (Å²) in [5.74, 6) is 0.824. The smallest absolute Gasteiger partial charge is 0.119 e. The van der Waals surface area contributed by atoms with E-state index < -0.39 is 0 Å². The highest BCUT2D eigenvalue weighted by Crippen LogP contribution is 2.37. The first-order valence-electron chi connectivity index (χ1n) is 13.0. The number of anilines is 2. The van der Waals surface area contributed by atoms with Gasteiger partial charge in [-0.15, -0.1) is 0 Å². The Morgan fingerprint density at radius 2 is 1.89 bits per heavy atom. The maximum atomic E-state index is 9.88. The molecule has 1 aliphatic heterocycles. The van der Waals surface area contributed by atoms with Crippen LogP contribution in [0.4, 0.5) is 11.4 Å². The number of nitrogens with zero attached hydrogens (tertiary/aromatic N) is 3. The number of H-pyrrole nitrogens is 1. The minimum absolute atomic E-state index is 0.379. The summed E-state index contributed by atoms with van der Waals surface area (Å²) in [7, 11) is 0. The van der Waals surface area contributed by atoms with E-state index >= 15 is 0 Å². The molecule has 4 aromatic rings. The van der Waals surface area contributed by atoms with Crippen molar-refractivity contribution in [2.45, 2.75) is 39.8 Å². The zero-order chi connectivity index (χ0) is 25.8. The number of aromatic amines is 1. The van der Waals surface area contributed by atoms with Crippen LogP contribution in [0, 0.1) is 25.2 Å². The van der Waals surface area contributed by atoms with Gasteiger partial charge in [-0.2, -0.15) is 5.26 Å². The van der Waals surface area contributed by atoms with Gasteiger partial charge in [0.1, 0.15) is 18.4 Å². The molecule has 37 heavy (non-hydrogen) atoms. The molecule has 0 saturated carbocycles. The number of aromatic nitrogens is 2. The van der Waals surface area contributed by atoms with Crippen LogP contribution in [0.2, 0.25) is 0 Å². The van der Waals surface area contributed by atoms with Gasteiger partial charge in [0.2, 0.25) is 0 Å². The highest BCUT2D eigenvalue weighted by Gasteiger charge is 2.18. The number of hydrogen-bond donors (Lipinski definition) is 3. The zero-order valence-corrected chi connectivity index (χ0v) is 21.8. The van der Waals surface area contributed by atoms with Crippen LogP contribution in [0.1, 0.15) is 36.6 Å². The highest BCUT2D eigenvalue weighted by molar-refractivity contribution is 5.92. The SMILES string of the molecule is Cc1ncc(C#N)c(Nc2ccc3[nH]ccc3c2C)c1-c1ccc(OCCNC(C)N2CCCC2)cc1. The minimum Gasteiger partial charge on any atom is -0.492 e. The molecule has 0 aliphatic carbocycles. The van der Waals surface area contributed by atoms with E-state index in [0.717, 1.165) is 57.0 Å². The Morgan fingerprint density at radius 1 is 1.11 bits per heavy atom. The Hall–Kier alpha value is -3.86. The van der Waals surface area contributed by atoms with E-state index in [1.807, 2.05) is 43.5 Å². The number of nitriles is 1. The molecule has 5 rings (SSSR count). The summed E-state index contributed by atoms with van der Waals surface area (Å²) >= 11 is 0. The zero-order valence-electron chi connectivity index (χ0n) is 21.8. The standard InChI is InChI=1S/C30H34N6O/c1-20-26-12-13-33-28(26)11-10-27(20)35-30-24(18-31)19-34-21(2)29(30)23-6-8-25(9-7-23)37-17-14-32-22(3)36-15-4-5-16-36/h6-13,19,22,32-33H,4-5,14-17H2,1-3H3,(H,34,35). The maximum Gasteiger partial charge on any atom is 0.119 e. The normalized spacial score (nSPS) is 14.5. The van der Waals surface area contributed by atoms with Gasteiger partial charge in [0.15, 0.2) is 0 Å². The second-order valence-electron chi connectivity index (χ2n) is 9.67.